The number of esters is 2. The van der Waals surface area contributed by atoms with E-state index in [0.29, 0.717) is 11.3 Å². The largest absolute Gasteiger partial charge is 0.482 e. The van der Waals surface area contributed by atoms with Crippen LogP contribution in [0.5, 0.6) is 5.75 Å². The number of nitrogens with two attached hydrogens (primary N) is 1. The summed E-state index contributed by atoms with van der Waals surface area (Å²) in [6, 6.07) is 5.23. The quantitative estimate of drug-likeness (QED) is 0.660. The fraction of sp³-hybridized carbons (Fsp3) is 0.500. The lowest BCUT2D eigenvalue weighted by atomic mass is 10.2. The highest BCUT2D eigenvalue weighted by Crippen LogP contribution is 2.12. The number of ether oxygens (including phenoxy) is 3. The first-order valence-corrected chi connectivity index (χ1v) is 8.27. The first-order valence-electron chi connectivity index (χ1n) is 8.27. The maximum Gasteiger partial charge on any atom is 0.344 e. The Kier molecular flexibility index (Phi) is 8.05. The Balaban J connectivity index is 2.48. The molecule has 0 aliphatic rings. The Labute approximate surface area is 153 Å². The molecule has 0 aliphatic heterocycles. The molecule has 0 saturated carbocycles. The van der Waals surface area contributed by atoms with Gasteiger partial charge in [-0.2, -0.15) is 0 Å². The Morgan fingerprint density at radius 2 is 1.77 bits per heavy atom. The van der Waals surface area contributed by atoms with Crippen LogP contribution < -0.4 is 15.8 Å². The summed E-state index contributed by atoms with van der Waals surface area (Å²) in [6.07, 6.45) is 0. The number of hydrogen-bond acceptors (Lipinski definition) is 7. The fourth-order valence-electron chi connectivity index (χ4n) is 1.81. The van der Waals surface area contributed by atoms with Gasteiger partial charge < -0.3 is 25.3 Å². The summed E-state index contributed by atoms with van der Waals surface area (Å²) in [7, 11) is 0. The van der Waals surface area contributed by atoms with Gasteiger partial charge in [-0.05, 0) is 52.0 Å². The highest BCUT2D eigenvalue weighted by atomic mass is 16.6. The van der Waals surface area contributed by atoms with E-state index in [4.69, 9.17) is 19.9 Å². The second-order valence-electron chi connectivity index (χ2n) is 6.47. The second kappa shape index (κ2) is 9.76. The summed E-state index contributed by atoms with van der Waals surface area (Å²) in [5, 5.41) is 2.57. The molecule has 0 bridgehead atoms. The minimum Gasteiger partial charge on any atom is -0.482 e. The molecule has 26 heavy (non-hydrogen) atoms. The molecule has 1 atom stereocenters. The van der Waals surface area contributed by atoms with Gasteiger partial charge in [-0.15, -0.1) is 0 Å². The molecule has 0 aromatic heterocycles. The molecule has 0 heterocycles. The Hall–Kier alpha value is -2.61. The first-order chi connectivity index (χ1) is 12.1. The zero-order chi connectivity index (χ0) is 19.7. The van der Waals surface area contributed by atoms with E-state index in [1.54, 1.807) is 39.8 Å². The molecule has 1 amide bonds. The Morgan fingerprint density at radius 3 is 2.31 bits per heavy atom. The number of rotatable bonds is 8. The molecule has 1 aromatic rings. The van der Waals surface area contributed by atoms with Crippen LogP contribution in [0.15, 0.2) is 24.3 Å². The van der Waals surface area contributed by atoms with Gasteiger partial charge >= 0.3 is 11.9 Å². The molecule has 1 rings (SSSR count). The van der Waals surface area contributed by atoms with Gasteiger partial charge in [0, 0.05) is 12.1 Å². The molecule has 0 aliphatic carbocycles. The summed E-state index contributed by atoms with van der Waals surface area (Å²) in [6.45, 7) is 6.96. The van der Waals surface area contributed by atoms with Crippen LogP contribution >= 0.6 is 0 Å². The first kappa shape index (κ1) is 21.4. The number of amides is 1. The van der Waals surface area contributed by atoms with Crippen molar-refractivity contribution in [1.82, 2.24) is 5.32 Å². The smallest absolute Gasteiger partial charge is 0.344 e. The third-order valence-electron chi connectivity index (χ3n) is 2.97. The summed E-state index contributed by atoms with van der Waals surface area (Å²) in [4.78, 5) is 35.1. The normalized spacial score (nSPS) is 12.0. The Morgan fingerprint density at radius 1 is 1.15 bits per heavy atom. The van der Waals surface area contributed by atoms with Gasteiger partial charge in [0.2, 0.25) is 0 Å². The van der Waals surface area contributed by atoms with Crippen LogP contribution in [0.4, 0.5) is 0 Å². The minimum atomic E-state index is -0.953. The second-order valence-corrected chi connectivity index (χ2v) is 6.47. The zero-order valence-electron chi connectivity index (χ0n) is 15.5. The fourth-order valence-corrected chi connectivity index (χ4v) is 1.81. The van der Waals surface area contributed by atoms with Crippen LogP contribution in [0.3, 0.4) is 0 Å². The SMILES string of the molecule is CCOC(=O)COc1ccc(C(=O)NCC(N)C(=O)OC(C)(C)C)cc1. The van der Waals surface area contributed by atoms with Gasteiger partial charge in [0.25, 0.3) is 5.91 Å². The van der Waals surface area contributed by atoms with Gasteiger partial charge in [0.15, 0.2) is 6.61 Å². The standard InChI is InChI=1S/C18H26N2O6/c1-5-24-15(21)11-25-13-8-6-12(7-9-13)16(22)20-10-14(19)17(23)26-18(2,3)4/h6-9,14H,5,10-11,19H2,1-4H3,(H,20,22). The predicted octanol–water partition coefficient (Wildman–Crippen LogP) is 1.03. The van der Waals surface area contributed by atoms with Gasteiger partial charge in [-0.1, -0.05) is 0 Å². The van der Waals surface area contributed by atoms with Crippen molar-refractivity contribution in [3.05, 3.63) is 29.8 Å². The van der Waals surface area contributed by atoms with Crippen LogP contribution in [-0.4, -0.2) is 49.2 Å². The van der Waals surface area contributed by atoms with Crippen molar-refractivity contribution >= 4 is 17.8 Å². The molecule has 8 heteroatoms. The highest BCUT2D eigenvalue weighted by Gasteiger charge is 2.22. The highest BCUT2D eigenvalue weighted by molar-refractivity contribution is 5.94. The molecule has 3 N–H and O–H groups in total. The summed E-state index contributed by atoms with van der Waals surface area (Å²) < 4.78 is 15.1. The lowest BCUT2D eigenvalue weighted by molar-refractivity contribution is -0.156. The van der Waals surface area contributed by atoms with Crippen molar-refractivity contribution in [2.45, 2.75) is 39.3 Å². The van der Waals surface area contributed by atoms with Crippen LogP contribution in [0, 0.1) is 0 Å². The van der Waals surface area contributed by atoms with Crippen LogP contribution in [0.25, 0.3) is 0 Å². The average Bonchev–Trinajstić information content (AvgIpc) is 2.56. The van der Waals surface area contributed by atoms with Crippen LogP contribution in [0.2, 0.25) is 0 Å². The van der Waals surface area contributed by atoms with Gasteiger partial charge in [0.05, 0.1) is 6.61 Å². The van der Waals surface area contributed by atoms with Gasteiger partial charge in [0.1, 0.15) is 17.4 Å². The molecule has 1 aromatic carbocycles. The van der Waals surface area contributed by atoms with Crippen molar-refractivity contribution < 1.29 is 28.6 Å². The zero-order valence-corrected chi connectivity index (χ0v) is 15.5. The molecular formula is C18H26N2O6. The third-order valence-corrected chi connectivity index (χ3v) is 2.97. The van der Waals surface area contributed by atoms with Crippen molar-refractivity contribution in [2.24, 2.45) is 5.73 Å². The van der Waals surface area contributed by atoms with Gasteiger partial charge in [-0.3, -0.25) is 9.59 Å². The average molecular weight is 366 g/mol. The predicted molar refractivity (Wildman–Crippen MR) is 94.7 cm³/mol. The monoisotopic (exact) mass is 366 g/mol. The number of benzene rings is 1. The maximum atomic E-state index is 12.1. The minimum absolute atomic E-state index is 0.0468. The van der Waals surface area contributed by atoms with E-state index in [-0.39, 0.29) is 25.7 Å². The lowest BCUT2D eigenvalue weighted by Crippen LogP contribution is -2.45. The van der Waals surface area contributed by atoms with E-state index in [1.807, 2.05) is 0 Å². The molecule has 8 nitrogen and oxygen atoms in total. The molecule has 0 spiro atoms. The molecular weight excluding hydrogens is 340 g/mol. The van der Waals surface area contributed by atoms with Crippen LogP contribution in [0.1, 0.15) is 38.1 Å². The summed E-state index contributed by atoms with van der Waals surface area (Å²) >= 11 is 0. The molecule has 0 radical (unpaired) electrons. The van der Waals surface area contributed by atoms with Crippen molar-refractivity contribution in [2.75, 3.05) is 19.8 Å². The number of hydrogen-bond donors (Lipinski definition) is 2. The summed E-state index contributed by atoms with van der Waals surface area (Å²) in [5.41, 5.74) is 5.44. The Bertz CT molecular complexity index is 622. The lowest BCUT2D eigenvalue weighted by Gasteiger charge is -2.22. The van der Waals surface area contributed by atoms with Crippen molar-refractivity contribution in [1.29, 1.82) is 0 Å². The van der Waals surface area contributed by atoms with E-state index in [2.05, 4.69) is 5.32 Å². The van der Waals surface area contributed by atoms with Crippen molar-refractivity contribution in [3.63, 3.8) is 0 Å². The molecule has 0 fully saturated rings. The van der Waals surface area contributed by atoms with Crippen LogP contribution in [-0.2, 0) is 19.1 Å². The number of nitrogens with one attached hydrogen (secondary N) is 1. The number of carbonyl (C=O) groups excluding carboxylic acids is 3. The molecule has 144 valence electrons. The number of carbonyl (C=O) groups is 3. The van der Waals surface area contributed by atoms with Gasteiger partial charge in [-0.25, -0.2) is 4.79 Å². The third kappa shape index (κ3) is 7.98. The van der Waals surface area contributed by atoms with E-state index >= 15 is 0 Å². The van der Waals surface area contributed by atoms with E-state index in [0.717, 1.165) is 0 Å². The summed E-state index contributed by atoms with van der Waals surface area (Å²) in [5.74, 6) is -1.01. The van der Waals surface area contributed by atoms with E-state index < -0.39 is 23.6 Å². The van der Waals surface area contributed by atoms with E-state index in [9.17, 15) is 14.4 Å². The molecule has 0 saturated heterocycles. The van der Waals surface area contributed by atoms with Crippen molar-refractivity contribution in [3.8, 4) is 5.75 Å². The maximum absolute atomic E-state index is 12.1. The topological polar surface area (TPSA) is 117 Å². The van der Waals surface area contributed by atoms with E-state index in [1.165, 1.54) is 12.1 Å². The molecule has 1 unspecified atom stereocenters.